The lowest BCUT2D eigenvalue weighted by Crippen LogP contribution is -2.08. The molecule has 1 nitrogen and oxygen atoms in total. The van der Waals surface area contributed by atoms with Crippen LogP contribution in [0.4, 0.5) is 0 Å². The Morgan fingerprint density at radius 2 is 1.95 bits per heavy atom. The van der Waals surface area contributed by atoms with Gasteiger partial charge in [-0.3, -0.25) is 4.98 Å². The maximum absolute atomic E-state index is 4.81. The summed E-state index contributed by atoms with van der Waals surface area (Å²) in [7, 11) is 0. The number of allylic oxidation sites excluding steroid dienone is 6. The number of benzene rings is 1. The van der Waals surface area contributed by atoms with E-state index in [0.717, 1.165) is 24.1 Å². The minimum absolute atomic E-state index is 0.310. The molecule has 1 heterocycles. The van der Waals surface area contributed by atoms with Crippen LogP contribution in [0.1, 0.15) is 24.5 Å². The number of hydrogen-bond donors (Lipinski definition) is 0. The van der Waals surface area contributed by atoms with Crippen LogP contribution in [0, 0.1) is 6.42 Å². The zero-order valence-electron chi connectivity index (χ0n) is 11.3. The Morgan fingerprint density at radius 3 is 2.95 bits per heavy atom. The first kappa shape index (κ1) is 11.7. The molecule has 0 saturated carbocycles. The molecule has 20 heavy (non-hydrogen) atoms. The van der Waals surface area contributed by atoms with Crippen LogP contribution in [0.25, 0.3) is 10.9 Å². The zero-order chi connectivity index (χ0) is 13.4. The topological polar surface area (TPSA) is 12.9 Å². The fourth-order valence-corrected chi connectivity index (χ4v) is 2.97. The van der Waals surface area contributed by atoms with Gasteiger partial charge in [-0.25, -0.2) is 0 Å². The molecule has 4 rings (SSSR count). The SMILES string of the molecule is [CH]1C2=C(C=CCC2)C=CC1c1ccc2ccccc2n1. The summed E-state index contributed by atoms with van der Waals surface area (Å²) < 4.78 is 0. The molecule has 0 N–H and O–H groups in total. The largest absolute Gasteiger partial charge is 0.252 e. The number of pyridine rings is 1. The number of nitrogens with zero attached hydrogens (tertiary/aromatic N) is 1. The fraction of sp³-hybridized carbons (Fsp3) is 0.158. The Bertz CT molecular complexity index is 749. The van der Waals surface area contributed by atoms with Gasteiger partial charge in [0, 0.05) is 23.4 Å². The molecule has 0 fully saturated rings. The normalized spacial score (nSPS) is 21.3. The monoisotopic (exact) mass is 258 g/mol. The minimum Gasteiger partial charge on any atom is -0.252 e. The molecule has 1 atom stereocenters. The van der Waals surface area contributed by atoms with Gasteiger partial charge >= 0.3 is 0 Å². The predicted octanol–water partition coefficient (Wildman–Crippen LogP) is 4.74. The van der Waals surface area contributed by atoms with Gasteiger partial charge in [0.25, 0.3) is 0 Å². The van der Waals surface area contributed by atoms with Crippen LogP contribution in [0.15, 0.2) is 71.8 Å². The van der Waals surface area contributed by atoms with E-state index in [4.69, 9.17) is 4.98 Å². The summed E-state index contributed by atoms with van der Waals surface area (Å²) in [6.45, 7) is 0. The van der Waals surface area contributed by atoms with Crippen LogP contribution in [-0.4, -0.2) is 4.98 Å². The molecule has 1 heteroatoms. The Kier molecular flexibility index (Phi) is 2.77. The molecule has 1 aromatic heterocycles. The van der Waals surface area contributed by atoms with Crippen molar-refractivity contribution < 1.29 is 0 Å². The van der Waals surface area contributed by atoms with Crippen molar-refractivity contribution in [1.82, 2.24) is 4.98 Å². The lowest BCUT2D eigenvalue weighted by Gasteiger charge is -2.22. The molecule has 97 valence electrons. The fourth-order valence-electron chi connectivity index (χ4n) is 2.97. The van der Waals surface area contributed by atoms with E-state index in [1.165, 1.54) is 16.5 Å². The first-order chi connectivity index (χ1) is 9.90. The summed E-state index contributed by atoms with van der Waals surface area (Å²) in [6.07, 6.45) is 13.7. The van der Waals surface area contributed by atoms with Crippen molar-refractivity contribution in [3.63, 3.8) is 0 Å². The molecule has 2 aliphatic carbocycles. The smallest absolute Gasteiger partial charge is 0.0705 e. The molecule has 1 aromatic carbocycles. The standard InChI is InChI=1S/C19H16N/c1-2-7-16-13-17(10-9-14(16)5-1)19-12-11-15-6-3-4-8-18(15)20-19/h1,3-6,8-13,17H,2,7H2. The highest BCUT2D eigenvalue weighted by molar-refractivity contribution is 5.78. The Balaban J connectivity index is 1.69. The van der Waals surface area contributed by atoms with Crippen molar-refractivity contribution in [3.05, 3.63) is 84.0 Å². The lowest BCUT2D eigenvalue weighted by molar-refractivity contribution is 0.859. The van der Waals surface area contributed by atoms with Crippen molar-refractivity contribution >= 4 is 10.9 Å². The molecule has 2 aliphatic rings. The van der Waals surface area contributed by atoms with Gasteiger partial charge in [0.2, 0.25) is 0 Å². The van der Waals surface area contributed by atoms with E-state index in [9.17, 15) is 0 Å². The highest BCUT2D eigenvalue weighted by Crippen LogP contribution is 2.34. The molecule has 0 aliphatic heterocycles. The Labute approximate surface area is 119 Å². The Hall–Kier alpha value is -2.15. The van der Waals surface area contributed by atoms with Gasteiger partial charge in [-0.2, -0.15) is 0 Å². The van der Waals surface area contributed by atoms with Gasteiger partial charge in [0.15, 0.2) is 0 Å². The van der Waals surface area contributed by atoms with E-state index < -0.39 is 0 Å². The second-order valence-electron chi connectivity index (χ2n) is 5.40. The second kappa shape index (κ2) is 4.75. The van der Waals surface area contributed by atoms with Gasteiger partial charge in [0.1, 0.15) is 0 Å². The quantitative estimate of drug-likeness (QED) is 0.720. The number of para-hydroxylation sites is 1. The van der Waals surface area contributed by atoms with Crippen molar-refractivity contribution in [1.29, 1.82) is 0 Å². The number of rotatable bonds is 1. The van der Waals surface area contributed by atoms with Crippen molar-refractivity contribution in [3.8, 4) is 0 Å². The zero-order valence-corrected chi connectivity index (χ0v) is 11.3. The number of fused-ring (bicyclic) bond motifs is 1. The van der Waals surface area contributed by atoms with E-state index in [1.807, 2.05) is 6.07 Å². The summed E-state index contributed by atoms with van der Waals surface area (Å²) >= 11 is 0. The summed E-state index contributed by atoms with van der Waals surface area (Å²) in [4.78, 5) is 4.81. The number of hydrogen-bond acceptors (Lipinski definition) is 1. The van der Waals surface area contributed by atoms with Crippen LogP contribution in [0.2, 0.25) is 0 Å². The second-order valence-corrected chi connectivity index (χ2v) is 5.40. The molecule has 0 bridgehead atoms. The van der Waals surface area contributed by atoms with Crippen molar-refractivity contribution in [2.75, 3.05) is 0 Å². The summed E-state index contributed by atoms with van der Waals surface area (Å²) in [5, 5.41) is 1.21. The molecule has 1 unspecified atom stereocenters. The average molecular weight is 258 g/mol. The highest BCUT2D eigenvalue weighted by Gasteiger charge is 2.19. The summed E-state index contributed by atoms with van der Waals surface area (Å²) in [6, 6.07) is 12.6. The van der Waals surface area contributed by atoms with Crippen LogP contribution in [-0.2, 0) is 0 Å². The van der Waals surface area contributed by atoms with Gasteiger partial charge in [-0.15, -0.1) is 0 Å². The van der Waals surface area contributed by atoms with Gasteiger partial charge in [-0.1, -0.05) is 54.1 Å². The van der Waals surface area contributed by atoms with E-state index >= 15 is 0 Å². The van der Waals surface area contributed by atoms with Crippen molar-refractivity contribution in [2.24, 2.45) is 0 Å². The minimum atomic E-state index is 0.310. The van der Waals surface area contributed by atoms with E-state index in [-0.39, 0.29) is 0 Å². The van der Waals surface area contributed by atoms with Crippen LogP contribution < -0.4 is 0 Å². The maximum Gasteiger partial charge on any atom is 0.0705 e. The first-order valence-electron chi connectivity index (χ1n) is 7.19. The lowest BCUT2D eigenvalue weighted by atomic mass is 9.83. The predicted molar refractivity (Wildman–Crippen MR) is 83.3 cm³/mol. The van der Waals surface area contributed by atoms with Crippen LogP contribution in [0.5, 0.6) is 0 Å². The molecule has 0 spiro atoms. The van der Waals surface area contributed by atoms with Gasteiger partial charge in [0.05, 0.1) is 5.52 Å². The van der Waals surface area contributed by atoms with Crippen LogP contribution >= 0.6 is 0 Å². The summed E-state index contributed by atoms with van der Waals surface area (Å²) in [5.41, 5.74) is 5.06. The van der Waals surface area contributed by atoms with Crippen molar-refractivity contribution in [2.45, 2.75) is 18.8 Å². The molecular weight excluding hydrogens is 242 g/mol. The van der Waals surface area contributed by atoms with E-state index in [1.54, 1.807) is 0 Å². The number of aromatic nitrogens is 1. The molecular formula is C19H16N. The third-order valence-electron chi connectivity index (χ3n) is 4.07. The summed E-state index contributed by atoms with van der Waals surface area (Å²) in [5.74, 6) is 0.310. The molecule has 0 saturated heterocycles. The van der Waals surface area contributed by atoms with E-state index in [0.29, 0.717) is 5.92 Å². The maximum atomic E-state index is 4.81. The molecule has 2 aromatic rings. The van der Waals surface area contributed by atoms with Gasteiger partial charge in [-0.05, 0) is 30.5 Å². The Morgan fingerprint density at radius 1 is 1.00 bits per heavy atom. The van der Waals surface area contributed by atoms with Gasteiger partial charge < -0.3 is 0 Å². The molecule has 1 radical (unpaired) electrons. The van der Waals surface area contributed by atoms with Crippen LogP contribution in [0.3, 0.4) is 0 Å². The average Bonchev–Trinajstić information content (AvgIpc) is 2.54. The third kappa shape index (κ3) is 2.00. The third-order valence-corrected chi connectivity index (χ3v) is 4.07. The highest BCUT2D eigenvalue weighted by atomic mass is 14.7. The molecule has 0 amide bonds. The first-order valence-corrected chi connectivity index (χ1v) is 7.19. The van der Waals surface area contributed by atoms with E-state index in [2.05, 4.69) is 61.1 Å².